The normalized spacial score (nSPS) is 15.9. The third kappa shape index (κ3) is 3.24. The molecule has 0 aliphatic carbocycles. The van der Waals surface area contributed by atoms with Gasteiger partial charge in [-0.15, -0.1) is 11.8 Å². The zero-order valence-corrected chi connectivity index (χ0v) is 11.1. The largest absolute Gasteiger partial charge is 0.390 e. The average Bonchev–Trinajstić information content (AvgIpc) is 2.26. The molecular weight excluding hydrogens is 220 g/mol. The van der Waals surface area contributed by atoms with E-state index in [4.69, 9.17) is 0 Å². The van der Waals surface area contributed by atoms with E-state index >= 15 is 0 Å². The van der Waals surface area contributed by atoms with Crippen LogP contribution in [0.1, 0.15) is 32.4 Å². The quantitative estimate of drug-likeness (QED) is 0.798. The zero-order chi connectivity index (χ0) is 12.3. The summed E-state index contributed by atoms with van der Waals surface area (Å²) in [6.45, 7) is 5.74. The summed E-state index contributed by atoms with van der Waals surface area (Å²) in [7, 11) is 0. The maximum Gasteiger partial charge on any atom is 0.105 e. The first-order valence-corrected chi connectivity index (χ1v) is 6.59. The van der Waals surface area contributed by atoms with Gasteiger partial charge in [0.1, 0.15) is 6.10 Å². The van der Waals surface area contributed by atoms with E-state index in [9.17, 15) is 10.2 Å². The van der Waals surface area contributed by atoms with Crippen molar-refractivity contribution >= 4 is 11.8 Å². The summed E-state index contributed by atoms with van der Waals surface area (Å²) in [6, 6.07) is 7.65. The molecule has 0 amide bonds. The number of rotatable bonds is 3. The Bertz CT molecular complexity index is 327. The van der Waals surface area contributed by atoms with Gasteiger partial charge < -0.3 is 10.2 Å². The SMILES string of the molecule is CSc1ccc([C@H](O)C(O)C(C)(C)C)cc1. The third-order valence-electron chi connectivity index (χ3n) is 2.64. The predicted octanol–water partition coefficient (Wildman–Crippen LogP) is 2.85. The number of hydrogen-bond acceptors (Lipinski definition) is 3. The molecule has 0 aromatic heterocycles. The number of thioether (sulfide) groups is 1. The van der Waals surface area contributed by atoms with Gasteiger partial charge in [-0.25, -0.2) is 0 Å². The molecule has 1 aromatic carbocycles. The summed E-state index contributed by atoms with van der Waals surface area (Å²) in [5.74, 6) is 0. The maximum atomic E-state index is 10.0. The Morgan fingerprint density at radius 2 is 1.56 bits per heavy atom. The van der Waals surface area contributed by atoms with Crippen molar-refractivity contribution in [3.63, 3.8) is 0 Å². The van der Waals surface area contributed by atoms with Crippen molar-refractivity contribution in [2.75, 3.05) is 6.26 Å². The van der Waals surface area contributed by atoms with Crippen LogP contribution in [-0.4, -0.2) is 22.6 Å². The highest BCUT2D eigenvalue weighted by molar-refractivity contribution is 7.98. The van der Waals surface area contributed by atoms with Gasteiger partial charge in [0, 0.05) is 4.90 Å². The molecule has 2 N–H and O–H groups in total. The molecule has 2 atom stereocenters. The molecule has 0 aliphatic heterocycles. The average molecular weight is 240 g/mol. The van der Waals surface area contributed by atoms with Gasteiger partial charge in [-0.3, -0.25) is 0 Å². The first-order valence-electron chi connectivity index (χ1n) is 5.36. The zero-order valence-electron chi connectivity index (χ0n) is 10.3. The Hall–Kier alpha value is -0.510. The van der Waals surface area contributed by atoms with Crippen LogP contribution in [0.5, 0.6) is 0 Å². The van der Waals surface area contributed by atoms with Crippen LogP contribution in [0.3, 0.4) is 0 Å². The summed E-state index contributed by atoms with van der Waals surface area (Å²) >= 11 is 1.66. The van der Waals surface area contributed by atoms with Crippen LogP contribution in [0.4, 0.5) is 0 Å². The van der Waals surface area contributed by atoms with Gasteiger partial charge in [0.2, 0.25) is 0 Å². The smallest absolute Gasteiger partial charge is 0.105 e. The minimum absolute atomic E-state index is 0.322. The molecule has 0 radical (unpaired) electrons. The minimum atomic E-state index is -0.823. The van der Waals surface area contributed by atoms with Gasteiger partial charge in [-0.05, 0) is 29.4 Å². The van der Waals surface area contributed by atoms with Crippen molar-refractivity contribution < 1.29 is 10.2 Å². The van der Waals surface area contributed by atoms with E-state index in [2.05, 4.69) is 0 Å². The van der Waals surface area contributed by atoms with E-state index in [-0.39, 0.29) is 5.41 Å². The van der Waals surface area contributed by atoms with Crippen LogP contribution in [0.2, 0.25) is 0 Å². The summed E-state index contributed by atoms with van der Waals surface area (Å²) in [5.41, 5.74) is 0.442. The second-order valence-corrected chi connectivity index (χ2v) is 5.91. The van der Waals surface area contributed by atoms with Crippen molar-refractivity contribution in [2.45, 2.75) is 37.9 Å². The molecule has 1 unspecified atom stereocenters. The number of hydrogen-bond donors (Lipinski definition) is 2. The molecule has 1 rings (SSSR count). The molecule has 0 aliphatic rings. The molecule has 0 saturated heterocycles. The lowest BCUT2D eigenvalue weighted by Gasteiger charge is -2.30. The highest BCUT2D eigenvalue weighted by Gasteiger charge is 2.29. The van der Waals surface area contributed by atoms with Crippen LogP contribution in [-0.2, 0) is 0 Å². The predicted molar refractivity (Wildman–Crippen MR) is 68.6 cm³/mol. The van der Waals surface area contributed by atoms with Crippen molar-refractivity contribution in [3.8, 4) is 0 Å². The van der Waals surface area contributed by atoms with Gasteiger partial charge in [0.25, 0.3) is 0 Å². The van der Waals surface area contributed by atoms with E-state index in [1.807, 2.05) is 51.3 Å². The van der Waals surface area contributed by atoms with Gasteiger partial charge in [0.05, 0.1) is 6.10 Å². The van der Waals surface area contributed by atoms with Crippen molar-refractivity contribution in [2.24, 2.45) is 5.41 Å². The first kappa shape index (κ1) is 13.6. The van der Waals surface area contributed by atoms with Crippen LogP contribution in [0, 0.1) is 5.41 Å². The lowest BCUT2D eigenvalue weighted by molar-refractivity contribution is -0.0458. The fourth-order valence-corrected chi connectivity index (χ4v) is 1.87. The Labute approximate surface area is 102 Å². The second-order valence-electron chi connectivity index (χ2n) is 5.03. The molecule has 0 bridgehead atoms. The lowest BCUT2D eigenvalue weighted by Crippen LogP contribution is -2.32. The molecule has 2 nitrogen and oxygen atoms in total. The Morgan fingerprint density at radius 1 is 1.06 bits per heavy atom. The fraction of sp³-hybridized carbons (Fsp3) is 0.538. The molecular formula is C13H20O2S. The van der Waals surface area contributed by atoms with E-state index in [0.717, 1.165) is 10.5 Å². The standard InChI is InChI=1S/C13H20O2S/c1-13(2,3)12(15)11(14)9-5-7-10(16-4)8-6-9/h5-8,11-12,14-15H,1-4H3/t11-,12?/m0/s1. The molecule has 0 spiro atoms. The third-order valence-corrected chi connectivity index (χ3v) is 3.39. The summed E-state index contributed by atoms with van der Waals surface area (Å²) in [4.78, 5) is 1.15. The Morgan fingerprint density at radius 3 is 1.94 bits per heavy atom. The molecule has 90 valence electrons. The van der Waals surface area contributed by atoms with Gasteiger partial charge in [0.15, 0.2) is 0 Å². The summed E-state index contributed by atoms with van der Waals surface area (Å²) in [5, 5.41) is 20.0. The molecule has 0 heterocycles. The molecule has 16 heavy (non-hydrogen) atoms. The van der Waals surface area contributed by atoms with Crippen LogP contribution in [0.15, 0.2) is 29.2 Å². The van der Waals surface area contributed by atoms with Crippen molar-refractivity contribution in [3.05, 3.63) is 29.8 Å². The van der Waals surface area contributed by atoms with Crippen LogP contribution in [0.25, 0.3) is 0 Å². The lowest BCUT2D eigenvalue weighted by atomic mass is 9.84. The van der Waals surface area contributed by atoms with E-state index < -0.39 is 12.2 Å². The Balaban J connectivity index is 2.84. The molecule has 0 saturated carbocycles. The van der Waals surface area contributed by atoms with E-state index in [1.165, 1.54) is 0 Å². The maximum absolute atomic E-state index is 10.0. The second kappa shape index (κ2) is 5.21. The molecule has 0 fully saturated rings. The number of benzene rings is 1. The van der Waals surface area contributed by atoms with Gasteiger partial charge in [-0.1, -0.05) is 32.9 Å². The highest BCUT2D eigenvalue weighted by atomic mass is 32.2. The topological polar surface area (TPSA) is 40.5 Å². The Kier molecular flexibility index (Phi) is 4.42. The molecule has 1 aromatic rings. The van der Waals surface area contributed by atoms with E-state index in [1.54, 1.807) is 11.8 Å². The van der Waals surface area contributed by atoms with Crippen LogP contribution >= 0.6 is 11.8 Å². The minimum Gasteiger partial charge on any atom is -0.390 e. The fourth-order valence-electron chi connectivity index (χ4n) is 1.46. The number of aliphatic hydroxyl groups is 2. The monoisotopic (exact) mass is 240 g/mol. The first-order chi connectivity index (χ1) is 7.36. The van der Waals surface area contributed by atoms with E-state index in [0.29, 0.717) is 0 Å². The van der Waals surface area contributed by atoms with Gasteiger partial charge >= 0.3 is 0 Å². The highest BCUT2D eigenvalue weighted by Crippen LogP contribution is 2.30. The van der Waals surface area contributed by atoms with Crippen LogP contribution < -0.4 is 0 Å². The van der Waals surface area contributed by atoms with Crippen molar-refractivity contribution in [1.82, 2.24) is 0 Å². The summed E-state index contributed by atoms with van der Waals surface area (Å²) in [6.07, 6.45) is 0.429. The van der Waals surface area contributed by atoms with Crippen molar-refractivity contribution in [1.29, 1.82) is 0 Å². The summed E-state index contributed by atoms with van der Waals surface area (Å²) < 4.78 is 0. The number of aliphatic hydroxyl groups excluding tert-OH is 2. The van der Waals surface area contributed by atoms with Gasteiger partial charge in [-0.2, -0.15) is 0 Å². The molecule has 3 heteroatoms.